The zero-order chi connectivity index (χ0) is 11.5. The highest BCUT2D eigenvalue weighted by molar-refractivity contribution is 6.20. The van der Waals surface area contributed by atoms with Crippen LogP contribution in [-0.2, 0) is 0 Å². The summed E-state index contributed by atoms with van der Waals surface area (Å²) in [6.07, 6.45) is 4.95. The molecule has 2 rings (SSSR count). The van der Waals surface area contributed by atoms with Crippen molar-refractivity contribution in [2.24, 2.45) is 0 Å². The first-order chi connectivity index (χ1) is 7.68. The summed E-state index contributed by atoms with van der Waals surface area (Å²) in [6, 6.07) is 1.10. The topological polar surface area (TPSA) is 42.2 Å². The minimum Gasteiger partial charge on any atom is -0.406 e. The Labute approximate surface area is 101 Å². The maximum atomic E-state index is 5.91. The molecule has 1 fully saturated rings. The van der Waals surface area contributed by atoms with Crippen LogP contribution < -0.4 is 4.90 Å². The highest BCUT2D eigenvalue weighted by Gasteiger charge is 2.22. The van der Waals surface area contributed by atoms with E-state index >= 15 is 0 Å². The molecule has 1 aliphatic rings. The van der Waals surface area contributed by atoms with E-state index in [9.17, 15) is 0 Å². The summed E-state index contributed by atoms with van der Waals surface area (Å²) in [7, 11) is 0. The highest BCUT2D eigenvalue weighted by Crippen LogP contribution is 2.26. The van der Waals surface area contributed by atoms with E-state index in [4.69, 9.17) is 16.0 Å². The number of rotatable bonds is 2. The number of halogens is 1. The Balaban J connectivity index is 2.14. The SMILES string of the molecule is CC(Cl)c1nnc(N2CCCCCC2C)o1. The van der Waals surface area contributed by atoms with Crippen molar-refractivity contribution in [2.45, 2.75) is 50.9 Å². The minimum absolute atomic E-state index is 0.219. The first-order valence-corrected chi connectivity index (χ1v) is 6.36. The fourth-order valence-electron chi connectivity index (χ4n) is 2.06. The van der Waals surface area contributed by atoms with Gasteiger partial charge >= 0.3 is 6.01 Å². The molecule has 1 saturated heterocycles. The van der Waals surface area contributed by atoms with Crippen molar-refractivity contribution in [3.05, 3.63) is 5.89 Å². The molecule has 0 amide bonds. The molecule has 16 heavy (non-hydrogen) atoms. The van der Waals surface area contributed by atoms with Gasteiger partial charge in [-0.15, -0.1) is 16.7 Å². The molecule has 0 radical (unpaired) electrons. The molecule has 0 aromatic carbocycles. The first-order valence-electron chi connectivity index (χ1n) is 5.92. The molecule has 1 aromatic rings. The van der Waals surface area contributed by atoms with Gasteiger partial charge in [0, 0.05) is 12.6 Å². The largest absolute Gasteiger partial charge is 0.406 e. The van der Waals surface area contributed by atoms with Crippen LogP contribution in [0.2, 0.25) is 0 Å². The van der Waals surface area contributed by atoms with Gasteiger partial charge in [-0.2, -0.15) is 0 Å². The summed E-state index contributed by atoms with van der Waals surface area (Å²) < 4.78 is 5.58. The summed E-state index contributed by atoms with van der Waals surface area (Å²) in [5, 5.41) is 7.82. The molecule has 0 aliphatic carbocycles. The molecule has 0 spiro atoms. The van der Waals surface area contributed by atoms with Crippen LogP contribution in [0, 0.1) is 0 Å². The molecule has 0 N–H and O–H groups in total. The number of nitrogens with zero attached hydrogens (tertiary/aromatic N) is 3. The summed E-state index contributed by atoms with van der Waals surface area (Å²) >= 11 is 5.91. The van der Waals surface area contributed by atoms with Gasteiger partial charge in [0.2, 0.25) is 5.89 Å². The molecule has 4 nitrogen and oxygen atoms in total. The Morgan fingerprint density at radius 3 is 2.88 bits per heavy atom. The lowest BCUT2D eigenvalue weighted by Crippen LogP contribution is -2.32. The van der Waals surface area contributed by atoms with Gasteiger partial charge in [0.15, 0.2) is 0 Å². The maximum absolute atomic E-state index is 5.91. The van der Waals surface area contributed by atoms with Crippen molar-refractivity contribution >= 4 is 17.6 Å². The zero-order valence-corrected chi connectivity index (χ0v) is 10.6. The second-order valence-corrected chi connectivity index (χ2v) is 5.09. The fraction of sp³-hybridized carbons (Fsp3) is 0.818. The molecule has 5 heteroatoms. The van der Waals surface area contributed by atoms with E-state index in [-0.39, 0.29) is 5.38 Å². The van der Waals surface area contributed by atoms with E-state index in [1.807, 2.05) is 6.92 Å². The minimum atomic E-state index is -0.219. The van der Waals surface area contributed by atoms with Crippen LogP contribution in [0.25, 0.3) is 0 Å². The Morgan fingerprint density at radius 2 is 2.19 bits per heavy atom. The summed E-state index contributed by atoms with van der Waals surface area (Å²) in [6.45, 7) is 5.05. The summed E-state index contributed by atoms with van der Waals surface area (Å²) in [4.78, 5) is 2.20. The van der Waals surface area contributed by atoms with Crippen LogP contribution >= 0.6 is 11.6 Å². The molecular formula is C11H18ClN3O. The third-order valence-electron chi connectivity index (χ3n) is 3.07. The predicted molar refractivity (Wildman–Crippen MR) is 63.8 cm³/mol. The van der Waals surface area contributed by atoms with Gasteiger partial charge in [-0.25, -0.2) is 0 Å². The zero-order valence-electron chi connectivity index (χ0n) is 9.82. The van der Waals surface area contributed by atoms with Crippen LogP contribution in [0.4, 0.5) is 6.01 Å². The van der Waals surface area contributed by atoms with Gasteiger partial charge in [-0.1, -0.05) is 17.9 Å². The predicted octanol–water partition coefficient (Wildman–Crippen LogP) is 3.14. The Kier molecular flexibility index (Phi) is 3.69. The van der Waals surface area contributed by atoms with E-state index < -0.39 is 0 Å². The molecule has 2 heterocycles. The lowest BCUT2D eigenvalue weighted by molar-refractivity contribution is 0.465. The number of hydrogen-bond acceptors (Lipinski definition) is 4. The quantitative estimate of drug-likeness (QED) is 0.749. The fourth-order valence-corrected chi connectivity index (χ4v) is 2.15. The molecule has 1 aliphatic heterocycles. The van der Waals surface area contributed by atoms with Crippen LogP contribution in [0.15, 0.2) is 4.42 Å². The number of hydrogen-bond donors (Lipinski definition) is 0. The summed E-state index contributed by atoms with van der Waals surface area (Å²) in [5.41, 5.74) is 0. The molecule has 0 bridgehead atoms. The van der Waals surface area contributed by atoms with Crippen molar-refractivity contribution in [3.8, 4) is 0 Å². The van der Waals surface area contributed by atoms with Crippen LogP contribution in [-0.4, -0.2) is 22.8 Å². The Bertz CT molecular complexity index is 340. The average molecular weight is 244 g/mol. The van der Waals surface area contributed by atoms with Crippen molar-refractivity contribution in [1.29, 1.82) is 0 Å². The average Bonchev–Trinajstić information content (AvgIpc) is 2.63. The number of anilines is 1. The molecular weight excluding hydrogens is 226 g/mol. The normalized spacial score (nSPS) is 24.2. The lowest BCUT2D eigenvalue weighted by atomic mass is 10.1. The van der Waals surface area contributed by atoms with Gasteiger partial charge in [-0.05, 0) is 26.7 Å². The monoisotopic (exact) mass is 243 g/mol. The van der Waals surface area contributed by atoms with Gasteiger partial charge in [0.25, 0.3) is 0 Å². The summed E-state index contributed by atoms with van der Waals surface area (Å²) in [5.74, 6) is 0.508. The first kappa shape index (κ1) is 11.7. The van der Waals surface area contributed by atoms with E-state index in [1.165, 1.54) is 25.7 Å². The smallest absolute Gasteiger partial charge is 0.318 e. The van der Waals surface area contributed by atoms with E-state index in [0.29, 0.717) is 17.9 Å². The van der Waals surface area contributed by atoms with Gasteiger partial charge < -0.3 is 9.32 Å². The second-order valence-electron chi connectivity index (χ2n) is 4.43. The van der Waals surface area contributed by atoms with Gasteiger partial charge in [0.05, 0.1) is 0 Å². The molecule has 2 unspecified atom stereocenters. The van der Waals surface area contributed by atoms with Crippen molar-refractivity contribution in [3.63, 3.8) is 0 Å². The third-order valence-corrected chi connectivity index (χ3v) is 3.26. The maximum Gasteiger partial charge on any atom is 0.318 e. The standard InChI is InChI=1S/C11H18ClN3O/c1-8-6-4-3-5-7-15(8)11-14-13-10(16-11)9(2)12/h8-9H,3-7H2,1-2H3. The van der Waals surface area contributed by atoms with Gasteiger partial charge in [-0.3, -0.25) is 0 Å². The highest BCUT2D eigenvalue weighted by atomic mass is 35.5. The number of aromatic nitrogens is 2. The molecule has 0 saturated carbocycles. The van der Waals surface area contributed by atoms with E-state index in [1.54, 1.807) is 0 Å². The van der Waals surface area contributed by atoms with Crippen molar-refractivity contribution in [2.75, 3.05) is 11.4 Å². The van der Waals surface area contributed by atoms with Crippen molar-refractivity contribution < 1.29 is 4.42 Å². The van der Waals surface area contributed by atoms with E-state index in [0.717, 1.165) is 6.54 Å². The molecule has 2 atom stereocenters. The molecule has 90 valence electrons. The van der Waals surface area contributed by atoms with Crippen LogP contribution in [0.1, 0.15) is 50.8 Å². The second kappa shape index (κ2) is 5.04. The third kappa shape index (κ3) is 2.48. The van der Waals surface area contributed by atoms with E-state index in [2.05, 4.69) is 22.0 Å². The van der Waals surface area contributed by atoms with Crippen LogP contribution in [0.3, 0.4) is 0 Å². The van der Waals surface area contributed by atoms with Gasteiger partial charge in [0.1, 0.15) is 5.38 Å². The lowest BCUT2D eigenvalue weighted by Gasteiger charge is -2.24. The van der Waals surface area contributed by atoms with Crippen LogP contribution in [0.5, 0.6) is 0 Å². The Morgan fingerprint density at radius 1 is 1.38 bits per heavy atom. The molecule has 1 aromatic heterocycles. The Hall–Kier alpha value is -0.770. The number of alkyl halides is 1. The van der Waals surface area contributed by atoms with Crippen molar-refractivity contribution in [1.82, 2.24) is 10.2 Å².